The fourth-order valence-electron chi connectivity index (χ4n) is 3.62. The summed E-state index contributed by atoms with van der Waals surface area (Å²) in [6.45, 7) is 1.74. The number of benzene rings is 2. The van der Waals surface area contributed by atoms with Crippen LogP contribution in [-0.4, -0.2) is 41.5 Å². The summed E-state index contributed by atoms with van der Waals surface area (Å²) in [5.41, 5.74) is -0.693. The van der Waals surface area contributed by atoms with Crippen LogP contribution in [0.3, 0.4) is 0 Å². The maximum atomic E-state index is 13.9. The lowest BCUT2D eigenvalue weighted by Crippen LogP contribution is -2.29. The van der Waals surface area contributed by atoms with Gasteiger partial charge in [-0.2, -0.15) is 23.3 Å². The van der Waals surface area contributed by atoms with Crippen molar-refractivity contribution in [2.75, 3.05) is 0 Å². The minimum Gasteiger partial charge on any atom is -0.378 e. The van der Waals surface area contributed by atoms with Gasteiger partial charge in [0.2, 0.25) is 11.6 Å². The third-order valence-electron chi connectivity index (χ3n) is 5.44. The highest BCUT2D eigenvalue weighted by Crippen LogP contribution is 2.43. The third-order valence-corrected chi connectivity index (χ3v) is 5.44. The summed E-state index contributed by atoms with van der Waals surface area (Å²) in [7, 11) is 0. The first kappa shape index (κ1) is 24.8. The summed E-state index contributed by atoms with van der Waals surface area (Å²) in [6, 6.07) is 13.7. The molecule has 0 bridgehead atoms. The summed E-state index contributed by atoms with van der Waals surface area (Å²) < 4.78 is 51.8. The first-order valence-corrected chi connectivity index (χ1v) is 11.1. The van der Waals surface area contributed by atoms with E-state index in [0.29, 0.717) is 17.2 Å². The van der Waals surface area contributed by atoms with Gasteiger partial charge in [-0.3, -0.25) is 9.89 Å². The molecule has 1 atom stereocenters. The number of carbonyl (C=O) groups excluding carboxylic acids is 1. The van der Waals surface area contributed by atoms with Crippen LogP contribution in [0.1, 0.15) is 28.9 Å². The average molecular weight is 525 g/mol. The molecule has 0 fully saturated rings. The molecule has 3 N–H and O–H groups in total. The molecule has 194 valence electrons. The lowest BCUT2D eigenvalue weighted by atomic mass is 10.1. The lowest BCUT2D eigenvalue weighted by molar-refractivity contribution is -0.137. The lowest BCUT2D eigenvalue weighted by Gasteiger charge is -2.11. The molecule has 0 saturated heterocycles. The van der Waals surface area contributed by atoms with Crippen LogP contribution in [0.15, 0.2) is 63.6 Å². The second-order valence-electron chi connectivity index (χ2n) is 8.10. The number of alkyl halides is 3. The zero-order chi connectivity index (χ0) is 26.9. The smallest absolute Gasteiger partial charge is 0.378 e. The van der Waals surface area contributed by atoms with Crippen LogP contribution in [0.25, 0.3) is 34.3 Å². The van der Waals surface area contributed by atoms with Crippen LogP contribution in [0.2, 0.25) is 0 Å². The number of H-pyrrole nitrogens is 1. The van der Waals surface area contributed by atoms with Gasteiger partial charge in [-0.1, -0.05) is 64.9 Å². The van der Waals surface area contributed by atoms with Gasteiger partial charge in [-0.05, 0) is 12.5 Å². The second kappa shape index (κ2) is 9.89. The van der Waals surface area contributed by atoms with Crippen LogP contribution in [0.5, 0.6) is 0 Å². The Labute approximate surface area is 211 Å². The number of nitrogens with one attached hydrogen (secondary N) is 2. The summed E-state index contributed by atoms with van der Waals surface area (Å²) in [6.07, 6.45) is -6.29. The van der Waals surface area contributed by atoms with Crippen LogP contribution in [0, 0.1) is 6.92 Å². The molecule has 2 aromatic carbocycles. The van der Waals surface area contributed by atoms with Gasteiger partial charge in [-0.25, -0.2) is 4.98 Å². The number of hydrogen-bond acceptors (Lipinski definition) is 9. The van der Waals surface area contributed by atoms with Gasteiger partial charge in [-0.15, -0.1) is 0 Å². The fraction of sp³-hybridized carbons (Fsp3) is 0.167. The second-order valence-corrected chi connectivity index (χ2v) is 8.10. The van der Waals surface area contributed by atoms with E-state index in [9.17, 15) is 23.1 Å². The number of carbonyl (C=O) groups is 1. The maximum absolute atomic E-state index is 13.9. The molecule has 11 nitrogen and oxygen atoms in total. The van der Waals surface area contributed by atoms with Gasteiger partial charge in [0, 0.05) is 11.1 Å². The van der Waals surface area contributed by atoms with Crippen molar-refractivity contribution in [2.45, 2.75) is 25.7 Å². The Morgan fingerprint density at radius 3 is 2.42 bits per heavy atom. The summed E-state index contributed by atoms with van der Waals surface area (Å²) >= 11 is 0. The van der Waals surface area contributed by atoms with Gasteiger partial charge in [0.15, 0.2) is 11.9 Å². The zero-order valence-corrected chi connectivity index (χ0v) is 19.5. The molecule has 0 radical (unpaired) electrons. The van der Waals surface area contributed by atoms with Gasteiger partial charge in [0.25, 0.3) is 11.8 Å². The maximum Gasteiger partial charge on any atom is 0.422 e. The molecule has 0 aliphatic carbocycles. The Hall–Kier alpha value is -4.85. The summed E-state index contributed by atoms with van der Waals surface area (Å²) in [5, 5.41) is 26.8. The molecule has 0 aliphatic rings. The van der Waals surface area contributed by atoms with Crippen LogP contribution >= 0.6 is 0 Å². The Kier molecular flexibility index (Phi) is 6.46. The van der Waals surface area contributed by atoms with E-state index < -0.39 is 41.1 Å². The summed E-state index contributed by atoms with van der Waals surface area (Å²) in [5.74, 6) is -0.960. The molecule has 5 rings (SSSR count). The number of amides is 1. The molecule has 0 unspecified atom stereocenters. The van der Waals surface area contributed by atoms with Gasteiger partial charge >= 0.3 is 6.18 Å². The van der Waals surface area contributed by atoms with E-state index in [-0.39, 0.29) is 23.5 Å². The quantitative estimate of drug-likeness (QED) is 0.287. The van der Waals surface area contributed by atoms with E-state index in [4.69, 9.17) is 9.05 Å². The van der Waals surface area contributed by atoms with E-state index in [1.54, 1.807) is 25.1 Å². The number of aliphatic hydroxyl groups is 1. The molecule has 3 aromatic heterocycles. The monoisotopic (exact) mass is 525 g/mol. The first-order valence-electron chi connectivity index (χ1n) is 11.1. The van der Waals surface area contributed by atoms with E-state index in [0.717, 1.165) is 0 Å². The molecule has 3 heterocycles. The van der Waals surface area contributed by atoms with E-state index in [1.165, 1.54) is 36.4 Å². The average Bonchev–Trinajstić information content (AvgIpc) is 3.66. The molecule has 0 spiro atoms. The predicted molar refractivity (Wildman–Crippen MR) is 124 cm³/mol. The van der Waals surface area contributed by atoms with Gasteiger partial charge < -0.3 is 19.5 Å². The molecule has 5 aromatic rings. The Morgan fingerprint density at radius 2 is 1.76 bits per heavy atom. The molecule has 38 heavy (non-hydrogen) atoms. The Bertz CT molecular complexity index is 1560. The van der Waals surface area contributed by atoms with Crippen molar-refractivity contribution in [3.05, 3.63) is 77.4 Å². The van der Waals surface area contributed by atoms with E-state index in [2.05, 4.69) is 35.8 Å². The van der Waals surface area contributed by atoms with Crippen LogP contribution in [-0.2, 0) is 17.5 Å². The van der Waals surface area contributed by atoms with Gasteiger partial charge in [0.05, 0.1) is 6.54 Å². The predicted octanol–water partition coefficient (Wildman–Crippen LogP) is 3.85. The van der Waals surface area contributed by atoms with Gasteiger partial charge in [0.1, 0.15) is 17.1 Å². The number of halogens is 3. The molecule has 0 saturated carbocycles. The highest BCUT2D eigenvalue weighted by Gasteiger charge is 2.43. The van der Waals surface area contributed by atoms with Crippen molar-refractivity contribution in [3.8, 4) is 34.3 Å². The third kappa shape index (κ3) is 5.01. The number of nitrogens with zero attached hydrogens (tertiary/aromatic N) is 5. The van der Waals surface area contributed by atoms with Crippen molar-refractivity contribution in [2.24, 2.45) is 0 Å². The minimum absolute atomic E-state index is 0.0253. The van der Waals surface area contributed by atoms with E-state index in [1.807, 2.05) is 0 Å². The number of rotatable bonds is 7. The number of aromatic nitrogens is 6. The standard InChI is InChI=1S/C24H18F3N7O4/c1-12-29-16(32-31-12)11-28-22(36)19(35)14-7-9-15(10-8-14)21-30-23(38-34-21)20-17(24(25,26)27)18(33-37-20)13-5-3-2-4-6-13/h2-10,19,35H,11H2,1H3,(H,28,36)(H,29,31,32)/t19-/m1/s1. The number of aliphatic hydroxyl groups excluding tert-OH is 1. The minimum atomic E-state index is -4.81. The van der Waals surface area contributed by atoms with Crippen molar-refractivity contribution in [1.29, 1.82) is 0 Å². The number of hydrogen-bond donors (Lipinski definition) is 3. The molecular formula is C24H18F3N7O4. The normalized spacial score (nSPS) is 12.4. The molecule has 14 heteroatoms. The SMILES string of the molecule is Cc1nc(CNC(=O)[C@H](O)c2ccc(-c3noc(-c4onc(-c5ccccc5)c4C(F)(F)F)n3)cc2)n[nH]1. The number of aryl methyl sites for hydroxylation is 1. The largest absolute Gasteiger partial charge is 0.422 e. The fourth-order valence-corrected chi connectivity index (χ4v) is 3.62. The first-order chi connectivity index (χ1) is 18.2. The molecular weight excluding hydrogens is 507 g/mol. The molecule has 0 aliphatic heterocycles. The van der Waals surface area contributed by atoms with E-state index >= 15 is 0 Å². The topological polar surface area (TPSA) is 156 Å². The summed E-state index contributed by atoms with van der Waals surface area (Å²) in [4.78, 5) is 20.4. The van der Waals surface area contributed by atoms with Crippen molar-refractivity contribution < 1.29 is 32.1 Å². The zero-order valence-electron chi connectivity index (χ0n) is 19.5. The Balaban J connectivity index is 1.34. The van der Waals surface area contributed by atoms with Crippen molar-refractivity contribution >= 4 is 5.91 Å². The molecule has 1 amide bonds. The van der Waals surface area contributed by atoms with Crippen molar-refractivity contribution in [3.63, 3.8) is 0 Å². The Morgan fingerprint density at radius 1 is 1.03 bits per heavy atom. The van der Waals surface area contributed by atoms with Crippen molar-refractivity contribution in [1.82, 2.24) is 35.8 Å². The highest BCUT2D eigenvalue weighted by atomic mass is 19.4. The van der Waals surface area contributed by atoms with Crippen LogP contribution in [0.4, 0.5) is 13.2 Å². The highest BCUT2D eigenvalue weighted by molar-refractivity contribution is 5.82. The number of aromatic amines is 1. The van der Waals surface area contributed by atoms with Crippen LogP contribution < -0.4 is 5.32 Å².